The van der Waals surface area contributed by atoms with E-state index >= 15 is 0 Å². The molecule has 1 atom stereocenters. The lowest BCUT2D eigenvalue weighted by molar-refractivity contribution is -0.140. The van der Waals surface area contributed by atoms with Crippen LogP contribution in [0.4, 0.5) is 0 Å². The third-order valence-corrected chi connectivity index (χ3v) is 6.15. The van der Waals surface area contributed by atoms with Crippen molar-refractivity contribution in [2.75, 3.05) is 6.61 Å². The summed E-state index contributed by atoms with van der Waals surface area (Å²) in [6.07, 6.45) is 1.77. The minimum Gasteiger partial charge on any atom is -0.492 e. The van der Waals surface area contributed by atoms with E-state index in [2.05, 4.69) is 0 Å². The Hall–Kier alpha value is -3.12. The van der Waals surface area contributed by atoms with Crippen LogP contribution in [0.5, 0.6) is 5.75 Å². The highest BCUT2D eigenvalue weighted by Gasteiger charge is 2.40. The fourth-order valence-electron chi connectivity index (χ4n) is 4.58. The van der Waals surface area contributed by atoms with Crippen LogP contribution in [0.2, 0.25) is 5.02 Å². The molecule has 1 aliphatic carbocycles. The van der Waals surface area contributed by atoms with Crippen LogP contribution in [0.1, 0.15) is 31.0 Å². The molecule has 5 rings (SSSR count). The number of imide groups is 1. The third kappa shape index (κ3) is 3.41. The fraction of sp³-hybridized carbons (Fsp3) is 0.292. The molecular formula is C24H22ClN3O3. The van der Waals surface area contributed by atoms with Crippen LogP contribution in [0, 0.1) is 0 Å². The van der Waals surface area contributed by atoms with Gasteiger partial charge in [-0.05, 0) is 37.6 Å². The molecule has 158 valence electrons. The van der Waals surface area contributed by atoms with E-state index in [-0.39, 0.29) is 17.9 Å². The summed E-state index contributed by atoms with van der Waals surface area (Å²) >= 11 is 6.13. The number of ether oxygens (including phenoxy) is 1. The van der Waals surface area contributed by atoms with E-state index in [1.54, 1.807) is 0 Å². The van der Waals surface area contributed by atoms with Gasteiger partial charge in [0.15, 0.2) is 0 Å². The summed E-state index contributed by atoms with van der Waals surface area (Å²) in [7, 11) is 0. The minimum absolute atomic E-state index is 0.0808. The Kier molecular flexibility index (Phi) is 5.02. The van der Waals surface area contributed by atoms with Gasteiger partial charge in [-0.2, -0.15) is 5.10 Å². The predicted octanol–water partition coefficient (Wildman–Crippen LogP) is 4.21. The van der Waals surface area contributed by atoms with E-state index < -0.39 is 0 Å². The molecule has 3 aromatic rings. The molecule has 1 aromatic heterocycles. The van der Waals surface area contributed by atoms with Crippen molar-refractivity contribution in [3.05, 3.63) is 64.8 Å². The Morgan fingerprint density at radius 2 is 1.74 bits per heavy atom. The lowest BCUT2D eigenvalue weighted by Gasteiger charge is -2.22. The Morgan fingerprint density at radius 3 is 2.45 bits per heavy atom. The normalized spacial score (nSPS) is 18.0. The second-order valence-corrected chi connectivity index (χ2v) is 8.25. The first-order valence-electron chi connectivity index (χ1n) is 10.5. The van der Waals surface area contributed by atoms with E-state index in [0.717, 1.165) is 34.0 Å². The van der Waals surface area contributed by atoms with Gasteiger partial charge in [0.05, 0.1) is 18.0 Å². The minimum atomic E-state index is -0.164. The van der Waals surface area contributed by atoms with Crippen LogP contribution in [0.25, 0.3) is 16.9 Å². The number of carbonyl (C=O) groups excluding carboxylic acids is 2. The molecule has 2 aliphatic rings. The molecule has 1 saturated heterocycles. The highest BCUT2D eigenvalue weighted by atomic mass is 35.5. The molecule has 1 aliphatic heterocycles. The quantitative estimate of drug-likeness (QED) is 0.563. The highest BCUT2D eigenvalue weighted by Crippen LogP contribution is 2.39. The zero-order chi connectivity index (χ0) is 21.5. The number of carbonyl (C=O) groups is 2. The van der Waals surface area contributed by atoms with Crippen LogP contribution < -0.4 is 4.74 Å². The Bertz CT molecular complexity index is 1150. The van der Waals surface area contributed by atoms with E-state index in [1.807, 2.05) is 60.1 Å². The molecule has 6 nitrogen and oxygen atoms in total. The van der Waals surface area contributed by atoms with Gasteiger partial charge in [-0.1, -0.05) is 35.9 Å². The molecule has 2 heterocycles. The van der Waals surface area contributed by atoms with Gasteiger partial charge in [0, 0.05) is 41.5 Å². The van der Waals surface area contributed by atoms with Crippen molar-refractivity contribution in [2.45, 2.75) is 38.6 Å². The first-order chi connectivity index (χ1) is 15.1. The van der Waals surface area contributed by atoms with Crippen LogP contribution in [-0.2, 0) is 22.4 Å². The summed E-state index contributed by atoms with van der Waals surface area (Å²) in [4.78, 5) is 26.0. The maximum Gasteiger partial charge on any atom is 0.229 e. The molecule has 31 heavy (non-hydrogen) atoms. The summed E-state index contributed by atoms with van der Waals surface area (Å²) in [5.41, 5.74) is 4.75. The van der Waals surface area contributed by atoms with E-state index in [0.29, 0.717) is 37.3 Å². The number of fused-ring (bicyclic) bond motifs is 1. The van der Waals surface area contributed by atoms with Gasteiger partial charge in [0.1, 0.15) is 11.4 Å². The number of rotatable bonds is 5. The predicted molar refractivity (Wildman–Crippen MR) is 117 cm³/mol. The fourth-order valence-corrected chi connectivity index (χ4v) is 4.70. The Balaban J connectivity index is 1.62. The average Bonchev–Trinajstić information content (AvgIpc) is 3.41. The van der Waals surface area contributed by atoms with Gasteiger partial charge >= 0.3 is 0 Å². The first-order valence-corrected chi connectivity index (χ1v) is 10.9. The van der Waals surface area contributed by atoms with Crippen molar-refractivity contribution >= 4 is 23.4 Å². The van der Waals surface area contributed by atoms with Gasteiger partial charge in [-0.3, -0.25) is 14.5 Å². The van der Waals surface area contributed by atoms with Gasteiger partial charge in [0.25, 0.3) is 0 Å². The molecule has 2 aromatic carbocycles. The Labute approximate surface area is 185 Å². The largest absolute Gasteiger partial charge is 0.492 e. The van der Waals surface area contributed by atoms with Crippen molar-refractivity contribution < 1.29 is 14.3 Å². The summed E-state index contributed by atoms with van der Waals surface area (Å²) in [6.45, 7) is 2.50. The number of nitrogens with zero attached hydrogens (tertiary/aromatic N) is 3. The molecule has 0 spiro atoms. The number of halogens is 1. The zero-order valence-corrected chi connectivity index (χ0v) is 17.9. The van der Waals surface area contributed by atoms with E-state index in [9.17, 15) is 9.59 Å². The maximum atomic E-state index is 12.3. The summed E-state index contributed by atoms with van der Waals surface area (Å²) in [5, 5.41) is 5.59. The monoisotopic (exact) mass is 435 g/mol. The van der Waals surface area contributed by atoms with Crippen molar-refractivity contribution in [1.29, 1.82) is 0 Å². The number of benzene rings is 2. The highest BCUT2D eigenvalue weighted by molar-refractivity contribution is 6.30. The first kappa shape index (κ1) is 19.8. The van der Waals surface area contributed by atoms with Gasteiger partial charge < -0.3 is 4.74 Å². The summed E-state index contributed by atoms with van der Waals surface area (Å²) in [6, 6.07) is 15.3. The van der Waals surface area contributed by atoms with Gasteiger partial charge in [0.2, 0.25) is 11.8 Å². The Morgan fingerprint density at radius 1 is 1.03 bits per heavy atom. The number of hydrogen-bond acceptors (Lipinski definition) is 4. The second kappa shape index (κ2) is 7.85. The lowest BCUT2D eigenvalue weighted by atomic mass is 10.0. The van der Waals surface area contributed by atoms with Crippen LogP contribution >= 0.6 is 11.6 Å². The summed E-state index contributed by atoms with van der Waals surface area (Å²) in [5.74, 6) is 0.591. The second-order valence-electron chi connectivity index (χ2n) is 7.81. The van der Waals surface area contributed by atoms with Crippen LogP contribution in [0.3, 0.4) is 0 Å². The molecule has 7 heteroatoms. The maximum absolute atomic E-state index is 12.3. The standard InChI is InChI=1S/C24H22ClN3O3/c1-2-31-21-6-4-3-5-20(21)28-24(15-7-9-16(25)10-8-15)18-13-17(14-19(18)26-28)27-22(29)11-12-23(27)30/h3-10,17H,2,11-14H2,1H3. The molecular weight excluding hydrogens is 414 g/mol. The van der Waals surface area contributed by atoms with Crippen LogP contribution in [0.15, 0.2) is 48.5 Å². The van der Waals surface area contributed by atoms with Crippen LogP contribution in [-0.4, -0.2) is 39.1 Å². The molecule has 1 unspecified atom stereocenters. The SMILES string of the molecule is CCOc1ccccc1-n1nc2c(c1-c1ccc(Cl)cc1)CC(N1C(=O)CCC1=O)C2. The zero-order valence-electron chi connectivity index (χ0n) is 17.2. The van der Waals surface area contributed by atoms with E-state index in [4.69, 9.17) is 21.4 Å². The number of hydrogen-bond donors (Lipinski definition) is 0. The topological polar surface area (TPSA) is 64.4 Å². The molecule has 2 amide bonds. The number of para-hydroxylation sites is 2. The average molecular weight is 436 g/mol. The van der Waals surface area contributed by atoms with E-state index in [1.165, 1.54) is 4.90 Å². The van der Waals surface area contributed by atoms with Crippen molar-refractivity contribution in [3.63, 3.8) is 0 Å². The third-order valence-electron chi connectivity index (χ3n) is 5.90. The number of likely N-dealkylation sites (tertiary alicyclic amines) is 1. The lowest BCUT2D eigenvalue weighted by Crippen LogP contribution is -2.40. The molecule has 0 bridgehead atoms. The molecule has 0 radical (unpaired) electrons. The van der Waals surface area contributed by atoms with Gasteiger partial charge in [-0.15, -0.1) is 0 Å². The van der Waals surface area contributed by atoms with Gasteiger partial charge in [-0.25, -0.2) is 4.68 Å². The summed E-state index contributed by atoms with van der Waals surface area (Å²) < 4.78 is 7.77. The molecule has 0 saturated carbocycles. The van der Waals surface area contributed by atoms with Crippen molar-refractivity contribution in [2.24, 2.45) is 0 Å². The smallest absolute Gasteiger partial charge is 0.229 e. The molecule has 1 fully saturated rings. The van der Waals surface area contributed by atoms with Crippen molar-refractivity contribution in [1.82, 2.24) is 14.7 Å². The number of amides is 2. The van der Waals surface area contributed by atoms with Crippen molar-refractivity contribution in [3.8, 4) is 22.7 Å². The molecule has 0 N–H and O–H groups in total. The number of aromatic nitrogens is 2.